The molecule has 0 bridgehead atoms. The predicted octanol–water partition coefficient (Wildman–Crippen LogP) is 4.12. The van der Waals surface area contributed by atoms with Gasteiger partial charge in [-0.05, 0) is 43.3 Å². The van der Waals surface area contributed by atoms with Gasteiger partial charge in [-0.25, -0.2) is 4.98 Å². The van der Waals surface area contributed by atoms with E-state index in [4.69, 9.17) is 4.74 Å². The highest BCUT2D eigenvalue weighted by Gasteiger charge is 2.35. The van der Waals surface area contributed by atoms with Crippen LogP contribution in [-0.4, -0.2) is 30.5 Å². The summed E-state index contributed by atoms with van der Waals surface area (Å²) in [4.78, 5) is 31.2. The number of methoxy groups -OCH3 is 1. The van der Waals surface area contributed by atoms with Crippen LogP contribution in [0.4, 0.5) is 11.4 Å². The Morgan fingerprint density at radius 3 is 2.52 bits per heavy atom. The lowest BCUT2D eigenvalue weighted by atomic mass is 10.1. The Morgan fingerprint density at radius 1 is 1.17 bits per heavy atom. The number of benzene rings is 2. The summed E-state index contributed by atoms with van der Waals surface area (Å²) in [5, 5.41) is 5.96. The van der Waals surface area contributed by atoms with Gasteiger partial charge in [0.2, 0.25) is 11.8 Å². The lowest BCUT2D eigenvalue weighted by Gasteiger charge is -2.17. The number of amides is 2. The molecule has 7 heteroatoms. The van der Waals surface area contributed by atoms with E-state index in [0.717, 1.165) is 27.7 Å². The SMILES string of the molecule is COc1ccc(N2CC(C(=O)Nc3ccc(-c4csc(C)n4)cc3)CC2=O)cc1. The number of hydrogen-bond acceptors (Lipinski definition) is 5. The maximum Gasteiger partial charge on any atom is 0.229 e. The summed E-state index contributed by atoms with van der Waals surface area (Å²) in [5.74, 6) is 0.146. The summed E-state index contributed by atoms with van der Waals surface area (Å²) in [5.41, 5.74) is 3.42. The van der Waals surface area contributed by atoms with Gasteiger partial charge in [0, 0.05) is 35.3 Å². The van der Waals surface area contributed by atoms with Crippen molar-refractivity contribution >= 4 is 34.5 Å². The average Bonchev–Trinajstić information content (AvgIpc) is 3.34. The van der Waals surface area contributed by atoms with Crippen molar-refractivity contribution in [2.24, 2.45) is 5.92 Å². The molecular formula is C22H21N3O3S. The first-order chi connectivity index (χ1) is 14.0. The number of carbonyl (C=O) groups excluding carboxylic acids is 2. The van der Waals surface area contributed by atoms with Crippen LogP contribution in [0.5, 0.6) is 5.75 Å². The Kier molecular flexibility index (Phi) is 5.31. The Balaban J connectivity index is 1.40. The van der Waals surface area contributed by atoms with E-state index in [0.29, 0.717) is 12.2 Å². The van der Waals surface area contributed by atoms with Crippen LogP contribution in [0.25, 0.3) is 11.3 Å². The maximum absolute atomic E-state index is 12.7. The van der Waals surface area contributed by atoms with Crippen LogP contribution in [0, 0.1) is 12.8 Å². The van der Waals surface area contributed by atoms with E-state index in [1.807, 2.05) is 48.7 Å². The Hall–Kier alpha value is -3.19. The molecule has 1 saturated heterocycles. The molecule has 2 aromatic carbocycles. The molecule has 4 rings (SSSR count). The maximum atomic E-state index is 12.7. The van der Waals surface area contributed by atoms with Gasteiger partial charge in [0.1, 0.15) is 5.75 Å². The molecule has 0 radical (unpaired) electrons. The molecule has 1 atom stereocenters. The number of nitrogens with one attached hydrogen (secondary N) is 1. The zero-order valence-electron chi connectivity index (χ0n) is 16.2. The van der Waals surface area contributed by atoms with Crippen molar-refractivity contribution in [3.8, 4) is 17.0 Å². The molecule has 1 unspecified atom stereocenters. The molecule has 1 fully saturated rings. The fourth-order valence-electron chi connectivity index (χ4n) is 3.36. The third kappa shape index (κ3) is 4.14. The number of nitrogens with zero attached hydrogens (tertiary/aromatic N) is 2. The van der Waals surface area contributed by atoms with Crippen molar-refractivity contribution in [3.63, 3.8) is 0 Å². The molecule has 3 aromatic rings. The minimum Gasteiger partial charge on any atom is -0.497 e. The Labute approximate surface area is 173 Å². The fraction of sp³-hybridized carbons (Fsp3) is 0.227. The molecule has 1 N–H and O–H groups in total. The van der Waals surface area contributed by atoms with Crippen LogP contribution in [0.1, 0.15) is 11.4 Å². The summed E-state index contributed by atoms with van der Waals surface area (Å²) in [6, 6.07) is 14.9. The van der Waals surface area contributed by atoms with Gasteiger partial charge >= 0.3 is 0 Å². The van der Waals surface area contributed by atoms with Crippen LogP contribution in [-0.2, 0) is 9.59 Å². The number of aryl methyl sites for hydroxylation is 1. The quantitative estimate of drug-likeness (QED) is 0.691. The van der Waals surface area contributed by atoms with E-state index < -0.39 is 0 Å². The molecule has 29 heavy (non-hydrogen) atoms. The van der Waals surface area contributed by atoms with Crippen molar-refractivity contribution in [1.82, 2.24) is 4.98 Å². The lowest BCUT2D eigenvalue weighted by Crippen LogP contribution is -2.28. The van der Waals surface area contributed by atoms with Crippen molar-refractivity contribution in [2.75, 3.05) is 23.9 Å². The van der Waals surface area contributed by atoms with Gasteiger partial charge in [-0.15, -0.1) is 11.3 Å². The van der Waals surface area contributed by atoms with Gasteiger partial charge in [-0.1, -0.05) is 12.1 Å². The first-order valence-electron chi connectivity index (χ1n) is 9.31. The molecule has 1 aliphatic heterocycles. The zero-order chi connectivity index (χ0) is 20.4. The highest BCUT2D eigenvalue weighted by atomic mass is 32.1. The number of ether oxygens (including phenoxy) is 1. The van der Waals surface area contributed by atoms with Gasteiger partial charge in [-0.2, -0.15) is 0 Å². The van der Waals surface area contributed by atoms with Crippen LogP contribution >= 0.6 is 11.3 Å². The second-order valence-electron chi connectivity index (χ2n) is 6.92. The molecule has 0 saturated carbocycles. The second kappa shape index (κ2) is 8.05. The van der Waals surface area contributed by atoms with Gasteiger partial charge < -0.3 is 15.0 Å². The lowest BCUT2D eigenvalue weighted by molar-refractivity contribution is -0.122. The van der Waals surface area contributed by atoms with Gasteiger partial charge in [0.15, 0.2) is 0 Å². The minimum absolute atomic E-state index is 0.0513. The van der Waals surface area contributed by atoms with Crippen LogP contribution in [0.15, 0.2) is 53.9 Å². The molecule has 2 heterocycles. The normalized spacial score (nSPS) is 16.1. The van der Waals surface area contributed by atoms with E-state index in [2.05, 4.69) is 10.3 Å². The van der Waals surface area contributed by atoms with E-state index >= 15 is 0 Å². The monoisotopic (exact) mass is 407 g/mol. The first-order valence-corrected chi connectivity index (χ1v) is 10.2. The average molecular weight is 407 g/mol. The highest BCUT2D eigenvalue weighted by molar-refractivity contribution is 7.09. The zero-order valence-corrected chi connectivity index (χ0v) is 17.0. The summed E-state index contributed by atoms with van der Waals surface area (Å²) in [6.07, 6.45) is 0.202. The molecule has 0 aliphatic carbocycles. The minimum atomic E-state index is -0.384. The van der Waals surface area contributed by atoms with Crippen molar-refractivity contribution in [3.05, 3.63) is 58.9 Å². The third-order valence-electron chi connectivity index (χ3n) is 4.95. The topological polar surface area (TPSA) is 71.5 Å². The summed E-state index contributed by atoms with van der Waals surface area (Å²) < 4.78 is 5.15. The third-order valence-corrected chi connectivity index (χ3v) is 5.72. The van der Waals surface area contributed by atoms with Crippen molar-refractivity contribution in [1.29, 1.82) is 0 Å². The smallest absolute Gasteiger partial charge is 0.229 e. The molecule has 1 aromatic heterocycles. The van der Waals surface area contributed by atoms with E-state index in [1.54, 1.807) is 35.5 Å². The van der Waals surface area contributed by atoms with Crippen LogP contribution < -0.4 is 15.0 Å². The van der Waals surface area contributed by atoms with Gasteiger partial charge in [-0.3, -0.25) is 9.59 Å². The first kappa shape index (κ1) is 19.1. The molecule has 1 aliphatic rings. The Bertz CT molecular complexity index is 1030. The number of anilines is 2. The molecule has 0 spiro atoms. The largest absolute Gasteiger partial charge is 0.497 e. The standard InChI is InChI=1S/C22H21N3O3S/c1-14-23-20(13-29-14)15-3-5-17(6-4-15)24-22(27)16-11-21(26)25(12-16)18-7-9-19(28-2)10-8-18/h3-10,13,16H,11-12H2,1-2H3,(H,24,27). The van der Waals surface area contributed by atoms with Crippen molar-refractivity contribution in [2.45, 2.75) is 13.3 Å². The molecule has 2 amide bonds. The number of aromatic nitrogens is 1. The number of rotatable bonds is 5. The molecule has 148 valence electrons. The summed E-state index contributed by atoms with van der Waals surface area (Å²) in [7, 11) is 1.60. The number of hydrogen-bond donors (Lipinski definition) is 1. The van der Waals surface area contributed by atoms with Crippen molar-refractivity contribution < 1.29 is 14.3 Å². The van der Waals surface area contributed by atoms with Gasteiger partial charge in [0.25, 0.3) is 0 Å². The predicted molar refractivity (Wildman–Crippen MR) is 114 cm³/mol. The number of carbonyl (C=O) groups is 2. The number of thiazole rings is 1. The summed E-state index contributed by atoms with van der Waals surface area (Å²) >= 11 is 1.61. The second-order valence-corrected chi connectivity index (χ2v) is 7.98. The van der Waals surface area contributed by atoms with Gasteiger partial charge in [0.05, 0.1) is 23.7 Å². The Morgan fingerprint density at radius 2 is 1.90 bits per heavy atom. The molecular weight excluding hydrogens is 386 g/mol. The summed E-state index contributed by atoms with van der Waals surface area (Å²) in [6.45, 7) is 2.34. The molecule has 6 nitrogen and oxygen atoms in total. The fourth-order valence-corrected chi connectivity index (χ4v) is 3.98. The van der Waals surface area contributed by atoms with E-state index in [-0.39, 0.29) is 24.2 Å². The van der Waals surface area contributed by atoms with E-state index in [1.165, 1.54) is 0 Å². The van der Waals surface area contributed by atoms with E-state index in [9.17, 15) is 9.59 Å². The van der Waals surface area contributed by atoms with Crippen LogP contribution in [0.2, 0.25) is 0 Å². The van der Waals surface area contributed by atoms with Crippen LogP contribution in [0.3, 0.4) is 0 Å². The highest BCUT2D eigenvalue weighted by Crippen LogP contribution is 2.28.